The van der Waals surface area contributed by atoms with Gasteiger partial charge in [-0.05, 0) is 82.3 Å². The van der Waals surface area contributed by atoms with Crippen molar-refractivity contribution in [3.05, 3.63) is 333 Å². The molecule has 1 saturated heterocycles. The fraction of sp³-hybridized carbons (Fsp3) is 0.200. The van der Waals surface area contributed by atoms with Gasteiger partial charge in [-0.25, -0.2) is 29.0 Å². The first kappa shape index (κ1) is 87.5. The number of carbonyl (C=O) groups excluding carboxylic acids is 3. The second-order valence-corrected chi connectivity index (χ2v) is 29.7. The summed E-state index contributed by atoms with van der Waals surface area (Å²) in [6.45, 7) is 3.91. The predicted octanol–water partition coefficient (Wildman–Crippen LogP) is 17.3. The summed E-state index contributed by atoms with van der Waals surface area (Å²) < 4.78 is 20.9. The standard InChI is InChI=1S/C34H35N5O4.C34H33N5O4.C32H29N5O3/c2*1-2-43-31(42)23-28(41)22-27(40)18-19-29-32(24-12-6-3-7-13-24)38-39(33(29)25-14-8-4-9-15-25)30-20-21-35-34(37-30)36-26-16-10-5-11-17-26;38-25-20-26(40-29(39)21-25)16-17-27-30(22-10-4-1-5-11-22)36-37(31(27)23-12-6-2-7-13-23)28-18-19-33-32(35-28)34-24-14-8-3-9-15-24/h3-17,20-21,27-28,40-41H,2,18-19,22-23H2,1H3,(H,35,36,37);3-21,27-28,40-41H,2,22-23H2,1H3,(H,35,36,37);1-15,18-19,25-26,38H,16-17,20-21H2,(H,33,34,35)/b;19-18+;/t2*27-,28-;25-,26-/m111/s1. The number of cyclic esters (lactones) is 1. The lowest BCUT2D eigenvalue weighted by atomic mass is 9.94. The number of aliphatic hydroxyl groups is 5. The minimum atomic E-state index is -1.04. The van der Waals surface area contributed by atoms with Crippen LogP contribution in [0, 0.1) is 0 Å². The molecule has 7 heterocycles. The Hall–Kier alpha value is -14.8. The Balaban J connectivity index is 0.000000153. The average molecular weight is 1680 g/mol. The van der Waals surface area contributed by atoms with Crippen LogP contribution in [0.3, 0.4) is 0 Å². The van der Waals surface area contributed by atoms with E-state index in [1.165, 1.54) is 0 Å². The SMILES string of the molecule is CCOC(=O)C[C@H](O)C[C@H](O)/C=C/c1c(-c2ccccc2)nn(-c2ccnc(Nc3ccccc3)n2)c1-c1ccccc1.CCOC(=O)C[C@H](O)C[C@H](O)CCc1c(-c2ccccc2)nn(-c2ccnc(Nc3ccccc3)n2)c1-c1ccccc1.O=C1C[C@H](O)C[C@@H](CCc2c(-c3ccccc3)nn(-c3ccnc(Nc4ccccc4)n3)c2-c2ccccc2)O1. The van der Waals surface area contributed by atoms with Crippen molar-refractivity contribution in [2.75, 3.05) is 29.2 Å². The fourth-order valence-electron chi connectivity index (χ4n) is 14.8. The van der Waals surface area contributed by atoms with Crippen molar-refractivity contribution in [3.8, 4) is 85.0 Å². The van der Waals surface area contributed by atoms with E-state index in [2.05, 4.69) is 43.0 Å². The zero-order chi connectivity index (χ0) is 87.4. The summed E-state index contributed by atoms with van der Waals surface area (Å²) in [6, 6.07) is 94.2. The molecule has 9 aromatic carbocycles. The number of rotatable bonds is 33. The maximum absolute atomic E-state index is 12.0. The molecule has 26 heteroatoms. The number of anilines is 6. The van der Waals surface area contributed by atoms with E-state index in [0.29, 0.717) is 73.1 Å². The lowest BCUT2D eigenvalue weighted by molar-refractivity contribution is -0.160. The Morgan fingerprint density at radius 2 is 0.778 bits per heavy atom. The van der Waals surface area contributed by atoms with E-state index in [-0.39, 0.29) is 57.4 Å². The Morgan fingerprint density at radius 3 is 1.17 bits per heavy atom. The normalized spacial score (nSPS) is 13.9. The van der Waals surface area contributed by atoms with Gasteiger partial charge in [0, 0.05) is 117 Å². The molecule has 1 aliphatic heterocycles. The number of para-hydroxylation sites is 3. The van der Waals surface area contributed by atoms with Crippen LogP contribution in [0.15, 0.2) is 316 Å². The van der Waals surface area contributed by atoms with Gasteiger partial charge >= 0.3 is 17.9 Å². The number of ether oxygens (including phenoxy) is 3. The topological polar surface area (TPSA) is 347 Å². The van der Waals surface area contributed by atoms with Gasteiger partial charge in [0.1, 0.15) is 11.8 Å². The molecule has 0 bridgehead atoms. The zero-order valence-electron chi connectivity index (χ0n) is 69.6. The van der Waals surface area contributed by atoms with Crippen LogP contribution in [0.2, 0.25) is 0 Å². The Bertz CT molecular complexity index is 6020. The molecule has 15 aromatic rings. The van der Waals surface area contributed by atoms with Gasteiger partial charge in [-0.1, -0.05) is 249 Å². The zero-order valence-corrected chi connectivity index (χ0v) is 69.6. The molecule has 0 aliphatic carbocycles. The van der Waals surface area contributed by atoms with Crippen molar-refractivity contribution in [1.29, 1.82) is 0 Å². The highest BCUT2D eigenvalue weighted by molar-refractivity contribution is 5.85. The average Bonchev–Trinajstić information content (AvgIpc) is 1.62. The number of benzene rings is 9. The third kappa shape index (κ3) is 23.7. The molecule has 1 aliphatic rings. The van der Waals surface area contributed by atoms with E-state index in [1.54, 1.807) is 55.3 Å². The highest BCUT2D eigenvalue weighted by atomic mass is 16.5. The molecule has 0 radical (unpaired) electrons. The van der Waals surface area contributed by atoms with Crippen LogP contribution in [-0.2, 0) is 41.4 Å². The van der Waals surface area contributed by atoms with Gasteiger partial charge in [0.15, 0.2) is 17.5 Å². The van der Waals surface area contributed by atoms with Gasteiger partial charge in [-0.3, -0.25) is 14.4 Å². The summed E-state index contributed by atoms with van der Waals surface area (Å²) in [5.41, 5.74) is 15.8. The van der Waals surface area contributed by atoms with Gasteiger partial charge in [0.05, 0.1) is 91.5 Å². The molecule has 6 atom stereocenters. The van der Waals surface area contributed by atoms with E-state index >= 15 is 0 Å². The molecule has 0 saturated carbocycles. The first-order chi connectivity index (χ1) is 61.7. The monoisotopic (exact) mass is 1680 g/mol. The number of aliphatic hydroxyl groups excluding tert-OH is 5. The Morgan fingerprint density at radius 1 is 0.437 bits per heavy atom. The second-order valence-electron chi connectivity index (χ2n) is 29.7. The number of nitrogens with one attached hydrogen (secondary N) is 3. The molecular weight excluding hydrogens is 1590 g/mol. The largest absolute Gasteiger partial charge is 0.466 e. The summed E-state index contributed by atoms with van der Waals surface area (Å²) in [5, 5.41) is 77.5. The molecular formula is C100H97N15O11. The van der Waals surface area contributed by atoms with Crippen LogP contribution in [0.4, 0.5) is 34.9 Å². The highest BCUT2D eigenvalue weighted by Crippen LogP contribution is 2.40. The van der Waals surface area contributed by atoms with Crippen LogP contribution in [-0.4, -0.2) is 153 Å². The number of aromatic nitrogens is 12. The number of esters is 3. The lowest BCUT2D eigenvalue weighted by Crippen LogP contribution is -2.32. The quantitative estimate of drug-likeness (QED) is 0.0140. The van der Waals surface area contributed by atoms with Gasteiger partial charge in [-0.15, -0.1) is 0 Å². The van der Waals surface area contributed by atoms with E-state index in [4.69, 9.17) is 44.5 Å². The molecule has 8 N–H and O–H groups in total. The van der Waals surface area contributed by atoms with Crippen molar-refractivity contribution in [3.63, 3.8) is 0 Å². The third-order valence-electron chi connectivity index (χ3n) is 20.5. The Kier molecular flexibility index (Phi) is 30.4. The van der Waals surface area contributed by atoms with Gasteiger partial charge < -0.3 is 55.7 Å². The van der Waals surface area contributed by atoms with Crippen LogP contribution in [0.25, 0.3) is 91.1 Å². The van der Waals surface area contributed by atoms with Crippen molar-refractivity contribution in [1.82, 2.24) is 59.2 Å². The van der Waals surface area contributed by atoms with E-state index in [9.17, 15) is 39.9 Å². The van der Waals surface area contributed by atoms with Crippen LogP contribution in [0.5, 0.6) is 0 Å². The summed E-state index contributed by atoms with van der Waals surface area (Å²) in [6.07, 6.45) is 5.78. The highest BCUT2D eigenvalue weighted by Gasteiger charge is 2.31. The predicted molar refractivity (Wildman–Crippen MR) is 486 cm³/mol. The summed E-state index contributed by atoms with van der Waals surface area (Å²) in [7, 11) is 0. The number of hydrogen-bond donors (Lipinski definition) is 8. The van der Waals surface area contributed by atoms with E-state index < -0.39 is 42.5 Å². The molecule has 16 rings (SSSR count). The third-order valence-corrected chi connectivity index (χ3v) is 20.5. The molecule has 0 spiro atoms. The Labute approximate surface area is 729 Å². The van der Waals surface area contributed by atoms with Crippen LogP contribution in [0.1, 0.15) is 81.9 Å². The lowest BCUT2D eigenvalue weighted by Gasteiger charge is -2.26. The molecule has 26 nitrogen and oxygen atoms in total. The van der Waals surface area contributed by atoms with Crippen LogP contribution >= 0.6 is 0 Å². The fourth-order valence-corrected chi connectivity index (χ4v) is 14.8. The molecule has 126 heavy (non-hydrogen) atoms. The summed E-state index contributed by atoms with van der Waals surface area (Å²) >= 11 is 0. The maximum atomic E-state index is 12.0. The molecule has 0 unspecified atom stereocenters. The number of nitrogens with zero attached hydrogens (tertiary/aromatic N) is 12. The van der Waals surface area contributed by atoms with Crippen molar-refractivity contribution in [2.24, 2.45) is 0 Å². The number of hydrogen-bond acceptors (Lipinski definition) is 23. The van der Waals surface area contributed by atoms with Crippen molar-refractivity contribution in [2.45, 2.75) is 115 Å². The first-order valence-electron chi connectivity index (χ1n) is 41.9. The van der Waals surface area contributed by atoms with Crippen molar-refractivity contribution < 1.29 is 54.1 Å². The first-order valence-corrected chi connectivity index (χ1v) is 41.9. The second kappa shape index (κ2) is 43.8. The van der Waals surface area contributed by atoms with E-state index in [0.717, 1.165) is 95.6 Å². The summed E-state index contributed by atoms with van der Waals surface area (Å²) in [4.78, 5) is 63.2. The number of carbonyl (C=O) groups is 3. The molecule has 638 valence electrons. The van der Waals surface area contributed by atoms with E-state index in [1.807, 2.05) is 282 Å². The molecule has 0 amide bonds. The van der Waals surface area contributed by atoms with Gasteiger partial charge in [0.2, 0.25) is 17.8 Å². The molecule has 1 fully saturated rings. The van der Waals surface area contributed by atoms with Gasteiger partial charge in [-0.2, -0.15) is 30.2 Å². The van der Waals surface area contributed by atoms with Gasteiger partial charge in [0.25, 0.3) is 0 Å². The minimum Gasteiger partial charge on any atom is -0.466 e. The smallest absolute Gasteiger partial charge is 0.308 e. The minimum absolute atomic E-state index is 0.0226. The molecule has 6 aromatic heterocycles. The maximum Gasteiger partial charge on any atom is 0.308 e. The summed E-state index contributed by atoms with van der Waals surface area (Å²) in [5.74, 6) is 1.73. The van der Waals surface area contributed by atoms with Crippen LogP contribution < -0.4 is 16.0 Å². The van der Waals surface area contributed by atoms with Crippen molar-refractivity contribution >= 4 is 58.9 Å².